The Morgan fingerprint density at radius 3 is 2.35 bits per heavy atom. The van der Waals surface area contributed by atoms with Gasteiger partial charge in [0.1, 0.15) is 0 Å². The number of hydrogen-bond acceptors (Lipinski definition) is 3. The molecule has 23 heavy (non-hydrogen) atoms. The van der Waals surface area contributed by atoms with Crippen LogP contribution in [0.3, 0.4) is 0 Å². The molecule has 0 saturated carbocycles. The maximum Gasteiger partial charge on any atom is 0.425 e. The van der Waals surface area contributed by atoms with Crippen LogP contribution in [0.25, 0.3) is 0 Å². The molecular formula is C15H22F3N3O2. The zero-order valence-electron chi connectivity index (χ0n) is 13.5. The van der Waals surface area contributed by atoms with Crippen LogP contribution >= 0.6 is 0 Å². The Morgan fingerprint density at radius 2 is 1.91 bits per heavy atom. The molecule has 130 valence electrons. The van der Waals surface area contributed by atoms with E-state index in [1.54, 1.807) is 0 Å². The Balaban J connectivity index is 2.25. The number of piperidine rings is 1. The van der Waals surface area contributed by atoms with Crippen molar-refractivity contribution in [2.45, 2.75) is 38.5 Å². The largest absolute Gasteiger partial charge is 0.425 e. The van der Waals surface area contributed by atoms with Gasteiger partial charge in [0.15, 0.2) is 5.82 Å². The number of aromatic nitrogens is 2. The smallest absolute Gasteiger partial charge is 0.374 e. The number of alkyl halides is 3. The number of aliphatic hydroxyl groups is 1. The summed E-state index contributed by atoms with van der Waals surface area (Å²) in [4.78, 5) is 17.4. The van der Waals surface area contributed by atoms with Crippen LogP contribution in [0.2, 0.25) is 0 Å². The molecule has 1 saturated heterocycles. The summed E-state index contributed by atoms with van der Waals surface area (Å²) in [6.45, 7) is 4.75. The maximum atomic E-state index is 13.5. The van der Waals surface area contributed by atoms with Crippen LogP contribution in [0.4, 0.5) is 13.2 Å². The van der Waals surface area contributed by atoms with Gasteiger partial charge in [0.2, 0.25) is 11.5 Å². The van der Waals surface area contributed by atoms with Crippen molar-refractivity contribution in [3.05, 3.63) is 18.2 Å². The van der Waals surface area contributed by atoms with Crippen LogP contribution in [0, 0.1) is 11.8 Å². The molecule has 8 heteroatoms. The van der Waals surface area contributed by atoms with Gasteiger partial charge in [0.05, 0.1) is 6.42 Å². The van der Waals surface area contributed by atoms with Crippen molar-refractivity contribution in [1.82, 2.24) is 14.5 Å². The van der Waals surface area contributed by atoms with Gasteiger partial charge in [-0.15, -0.1) is 0 Å². The van der Waals surface area contributed by atoms with Crippen LogP contribution in [0.1, 0.15) is 32.5 Å². The molecule has 2 rings (SSSR count). The lowest BCUT2D eigenvalue weighted by molar-refractivity contribution is -0.272. The van der Waals surface area contributed by atoms with E-state index in [9.17, 15) is 23.1 Å². The molecule has 1 amide bonds. The van der Waals surface area contributed by atoms with E-state index in [4.69, 9.17) is 0 Å². The maximum absolute atomic E-state index is 13.5. The molecule has 5 nitrogen and oxygen atoms in total. The fraction of sp³-hybridized carbons (Fsp3) is 0.733. The van der Waals surface area contributed by atoms with Crippen molar-refractivity contribution in [3.8, 4) is 0 Å². The van der Waals surface area contributed by atoms with Crippen molar-refractivity contribution < 1.29 is 23.1 Å². The number of likely N-dealkylation sites (tertiary alicyclic amines) is 1. The Kier molecular flexibility index (Phi) is 4.75. The normalized spacial score (nSPS) is 25.3. The van der Waals surface area contributed by atoms with Gasteiger partial charge in [-0.05, 0) is 18.3 Å². The summed E-state index contributed by atoms with van der Waals surface area (Å²) >= 11 is 0. The number of rotatable bonds is 3. The lowest BCUT2D eigenvalue weighted by Gasteiger charge is -2.37. The predicted octanol–water partition coefficient (Wildman–Crippen LogP) is 2.06. The standard InChI is InChI=1S/C15H22F3N3O2/c1-10-6-11(2)9-21(8-10)12(22)7-14(23,15(16,17)18)13-19-4-5-20(13)3/h4-5,10-11,23H,6-9H2,1-3H3. The fourth-order valence-electron chi connectivity index (χ4n) is 3.27. The van der Waals surface area contributed by atoms with Gasteiger partial charge in [-0.25, -0.2) is 4.98 Å². The van der Waals surface area contributed by atoms with Crippen LogP contribution < -0.4 is 0 Å². The monoisotopic (exact) mass is 333 g/mol. The second-order valence-corrected chi connectivity index (χ2v) is 6.64. The molecule has 0 spiro atoms. The van der Waals surface area contributed by atoms with E-state index in [2.05, 4.69) is 4.98 Å². The summed E-state index contributed by atoms with van der Waals surface area (Å²) in [5.74, 6) is -0.813. The molecule has 1 aromatic heterocycles. The molecule has 3 atom stereocenters. The van der Waals surface area contributed by atoms with Gasteiger partial charge in [0.25, 0.3) is 0 Å². The molecule has 0 aromatic carbocycles. The number of nitrogens with zero attached hydrogens (tertiary/aromatic N) is 3. The van der Waals surface area contributed by atoms with E-state index in [1.807, 2.05) is 13.8 Å². The quantitative estimate of drug-likeness (QED) is 0.921. The molecule has 0 radical (unpaired) electrons. The van der Waals surface area contributed by atoms with Gasteiger partial charge >= 0.3 is 6.18 Å². The van der Waals surface area contributed by atoms with Crippen molar-refractivity contribution in [2.75, 3.05) is 13.1 Å². The lowest BCUT2D eigenvalue weighted by Crippen LogP contribution is -2.50. The lowest BCUT2D eigenvalue weighted by atomic mass is 9.90. The number of imidazole rings is 1. The van der Waals surface area contributed by atoms with Gasteiger partial charge in [-0.1, -0.05) is 13.8 Å². The minimum absolute atomic E-state index is 0.231. The number of hydrogen-bond donors (Lipinski definition) is 1. The molecule has 2 heterocycles. The van der Waals surface area contributed by atoms with Crippen molar-refractivity contribution in [1.29, 1.82) is 0 Å². The van der Waals surface area contributed by atoms with E-state index in [-0.39, 0.29) is 11.8 Å². The first-order chi connectivity index (χ1) is 10.5. The molecule has 0 bridgehead atoms. The summed E-state index contributed by atoms with van der Waals surface area (Å²) in [5, 5.41) is 10.3. The Bertz CT molecular complexity index is 563. The SMILES string of the molecule is CC1CC(C)CN(C(=O)CC(O)(c2nccn2C)C(F)(F)F)C1. The first kappa shape index (κ1) is 17.8. The third-order valence-electron chi connectivity index (χ3n) is 4.29. The first-order valence-electron chi connectivity index (χ1n) is 7.59. The minimum Gasteiger partial charge on any atom is -0.374 e. The van der Waals surface area contributed by atoms with E-state index < -0.39 is 29.9 Å². The second-order valence-electron chi connectivity index (χ2n) is 6.64. The highest BCUT2D eigenvalue weighted by molar-refractivity contribution is 5.77. The molecular weight excluding hydrogens is 311 g/mol. The fourth-order valence-corrected chi connectivity index (χ4v) is 3.27. The van der Waals surface area contributed by atoms with Crippen molar-refractivity contribution in [2.24, 2.45) is 18.9 Å². The van der Waals surface area contributed by atoms with Crippen LogP contribution in [-0.2, 0) is 17.4 Å². The van der Waals surface area contributed by atoms with Crippen LogP contribution in [0.5, 0.6) is 0 Å². The minimum atomic E-state index is -4.99. The zero-order valence-corrected chi connectivity index (χ0v) is 13.5. The topological polar surface area (TPSA) is 58.4 Å². The number of amides is 1. The second kappa shape index (κ2) is 6.14. The van der Waals surface area contributed by atoms with Gasteiger partial charge < -0.3 is 14.6 Å². The van der Waals surface area contributed by atoms with Gasteiger partial charge in [-0.2, -0.15) is 13.2 Å². The van der Waals surface area contributed by atoms with Crippen molar-refractivity contribution >= 4 is 5.91 Å². The molecule has 1 aliphatic heterocycles. The van der Waals surface area contributed by atoms with Crippen LogP contribution in [0.15, 0.2) is 12.4 Å². The number of carbonyl (C=O) groups is 1. The predicted molar refractivity (Wildman–Crippen MR) is 77.3 cm³/mol. The molecule has 1 fully saturated rings. The highest BCUT2D eigenvalue weighted by Crippen LogP contribution is 2.41. The highest BCUT2D eigenvalue weighted by atomic mass is 19.4. The third kappa shape index (κ3) is 3.52. The average molecular weight is 333 g/mol. The zero-order chi connectivity index (χ0) is 17.4. The first-order valence-corrected chi connectivity index (χ1v) is 7.59. The summed E-state index contributed by atoms with van der Waals surface area (Å²) in [7, 11) is 1.36. The van der Waals surface area contributed by atoms with E-state index >= 15 is 0 Å². The summed E-state index contributed by atoms with van der Waals surface area (Å²) in [5.41, 5.74) is -3.29. The van der Waals surface area contributed by atoms with E-state index in [1.165, 1.54) is 24.3 Å². The van der Waals surface area contributed by atoms with E-state index in [0.717, 1.165) is 11.0 Å². The molecule has 1 N–H and O–H groups in total. The summed E-state index contributed by atoms with van der Waals surface area (Å²) < 4.78 is 41.4. The van der Waals surface area contributed by atoms with E-state index in [0.29, 0.717) is 13.1 Å². The summed E-state index contributed by atoms with van der Waals surface area (Å²) in [6, 6.07) is 0. The van der Waals surface area contributed by atoms with Crippen molar-refractivity contribution in [3.63, 3.8) is 0 Å². The summed E-state index contributed by atoms with van der Waals surface area (Å²) in [6.07, 6.45) is -2.63. The molecule has 0 aliphatic carbocycles. The Morgan fingerprint density at radius 1 is 1.35 bits per heavy atom. The molecule has 1 aliphatic rings. The number of halogens is 3. The number of carbonyl (C=O) groups excluding carboxylic acids is 1. The Labute approximate surface area is 133 Å². The third-order valence-corrected chi connectivity index (χ3v) is 4.29. The molecule has 3 unspecified atom stereocenters. The highest BCUT2D eigenvalue weighted by Gasteiger charge is 2.59. The average Bonchev–Trinajstić information content (AvgIpc) is 2.82. The molecule has 1 aromatic rings. The number of aryl methyl sites for hydroxylation is 1. The Hall–Kier alpha value is -1.57. The van der Waals surface area contributed by atoms with Gasteiger partial charge in [0, 0.05) is 32.5 Å². The van der Waals surface area contributed by atoms with Gasteiger partial charge in [-0.3, -0.25) is 4.79 Å². The van der Waals surface area contributed by atoms with Crippen LogP contribution in [-0.4, -0.2) is 44.7 Å².